The second-order valence-electron chi connectivity index (χ2n) is 6.24. The average molecular weight is 456 g/mol. The first-order valence-corrected chi connectivity index (χ1v) is 9.72. The highest BCUT2D eigenvalue weighted by molar-refractivity contribution is 7.87. The number of carbonyl (C=O) groups is 2. The molecule has 1 aliphatic rings. The summed E-state index contributed by atoms with van der Waals surface area (Å²) in [5.74, 6) is -6.06. The van der Waals surface area contributed by atoms with Crippen molar-refractivity contribution in [2.45, 2.75) is 30.4 Å². The van der Waals surface area contributed by atoms with Gasteiger partial charge in [-0.3, -0.25) is 9.35 Å². The highest BCUT2D eigenvalue weighted by Gasteiger charge is 2.65. The molecule has 0 unspecified atom stereocenters. The molecule has 166 valence electrons. The van der Waals surface area contributed by atoms with E-state index in [9.17, 15) is 35.6 Å². The molecule has 1 aromatic carbocycles. The molecule has 0 spiro atoms. The zero-order chi connectivity index (χ0) is 22.7. The van der Waals surface area contributed by atoms with Crippen molar-refractivity contribution in [1.29, 1.82) is 0 Å². The Balaban J connectivity index is 1.84. The fourth-order valence-electron chi connectivity index (χ4n) is 2.29. The average Bonchev–Trinajstić information content (AvgIpc) is 2.64. The Labute approximate surface area is 168 Å². The van der Waals surface area contributed by atoms with Crippen LogP contribution in [0.15, 0.2) is 30.4 Å². The van der Waals surface area contributed by atoms with Crippen molar-refractivity contribution in [3.8, 4) is 11.5 Å². The summed E-state index contributed by atoms with van der Waals surface area (Å²) in [7, 11) is -6.33. The Bertz CT molecular complexity index is 959. The first-order chi connectivity index (χ1) is 13.7. The van der Waals surface area contributed by atoms with Crippen LogP contribution in [0.2, 0.25) is 0 Å². The van der Waals surface area contributed by atoms with Crippen molar-refractivity contribution in [2.75, 3.05) is 13.2 Å². The Hall–Kier alpha value is -2.51. The third kappa shape index (κ3) is 5.34. The molecule has 0 amide bonds. The predicted molar refractivity (Wildman–Crippen MR) is 92.1 cm³/mol. The van der Waals surface area contributed by atoms with E-state index in [1.165, 1.54) is 18.2 Å². The van der Waals surface area contributed by atoms with Crippen molar-refractivity contribution in [1.82, 2.24) is 0 Å². The van der Waals surface area contributed by atoms with Crippen molar-refractivity contribution in [3.63, 3.8) is 0 Å². The van der Waals surface area contributed by atoms with Gasteiger partial charge in [-0.1, -0.05) is 6.58 Å². The highest BCUT2D eigenvalue weighted by atomic mass is 32.2. The second kappa shape index (κ2) is 8.70. The van der Waals surface area contributed by atoms with Crippen LogP contribution in [-0.4, -0.2) is 49.3 Å². The standard InChI is InChI=1S/C17H16F4O8S/c1-10(9-27-7-6-16(18,19)17(20,21)30(24,25)26)15(23)28-12-3-4-13-11(8-12)2-5-14(22)29-13/h3-4,8H,1-2,5-7,9H2,(H,24,25,26). The van der Waals surface area contributed by atoms with Gasteiger partial charge in [0.15, 0.2) is 0 Å². The molecule has 0 saturated heterocycles. The van der Waals surface area contributed by atoms with Crippen LogP contribution in [0.25, 0.3) is 0 Å². The summed E-state index contributed by atoms with van der Waals surface area (Å²) < 4.78 is 96.4. The Morgan fingerprint density at radius 3 is 2.53 bits per heavy atom. The molecular formula is C17H16F4O8S. The number of hydrogen-bond donors (Lipinski definition) is 1. The lowest BCUT2D eigenvalue weighted by Crippen LogP contribution is -2.47. The number of aryl methyl sites for hydroxylation is 1. The van der Waals surface area contributed by atoms with Gasteiger partial charge in [0.25, 0.3) is 0 Å². The van der Waals surface area contributed by atoms with Gasteiger partial charge in [-0.05, 0) is 30.2 Å². The van der Waals surface area contributed by atoms with E-state index in [1.54, 1.807) is 0 Å². The molecule has 13 heteroatoms. The van der Waals surface area contributed by atoms with E-state index >= 15 is 0 Å². The molecule has 1 aromatic rings. The normalized spacial score (nSPS) is 14.6. The van der Waals surface area contributed by atoms with E-state index in [4.69, 9.17) is 14.0 Å². The molecular weight excluding hydrogens is 440 g/mol. The minimum Gasteiger partial charge on any atom is -0.426 e. The molecule has 0 atom stereocenters. The van der Waals surface area contributed by atoms with E-state index in [0.29, 0.717) is 17.7 Å². The van der Waals surface area contributed by atoms with Gasteiger partial charge in [0, 0.05) is 6.42 Å². The number of halogens is 4. The van der Waals surface area contributed by atoms with Gasteiger partial charge in [0.2, 0.25) is 0 Å². The molecule has 1 N–H and O–H groups in total. The highest BCUT2D eigenvalue weighted by Crippen LogP contribution is 2.40. The van der Waals surface area contributed by atoms with Crippen LogP contribution < -0.4 is 9.47 Å². The van der Waals surface area contributed by atoms with Gasteiger partial charge < -0.3 is 14.2 Å². The summed E-state index contributed by atoms with van der Waals surface area (Å²) in [5.41, 5.74) is 0.299. The van der Waals surface area contributed by atoms with Gasteiger partial charge in [-0.15, -0.1) is 0 Å². The van der Waals surface area contributed by atoms with Crippen molar-refractivity contribution >= 4 is 22.1 Å². The van der Waals surface area contributed by atoms with Gasteiger partial charge in [0.05, 0.1) is 25.2 Å². The molecule has 0 radical (unpaired) electrons. The summed E-state index contributed by atoms with van der Waals surface area (Å²) >= 11 is 0. The Morgan fingerprint density at radius 1 is 1.23 bits per heavy atom. The van der Waals surface area contributed by atoms with Gasteiger partial charge >= 0.3 is 33.2 Å². The maximum absolute atomic E-state index is 13.3. The molecule has 2 rings (SSSR count). The van der Waals surface area contributed by atoms with Crippen LogP contribution in [0.4, 0.5) is 17.6 Å². The van der Waals surface area contributed by atoms with Crippen LogP contribution >= 0.6 is 0 Å². The lowest BCUT2D eigenvalue weighted by molar-refractivity contribution is -0.170. The van der Waals surface area contributed by atoms with Crippen LogP contribution in [0, 0.1) is 0 Å². The SMILES string of the molecule is C=C(COCCC(F)(F)C(F)(F)S(=O)(=O)O)C(=O)Oc1ccc2c(c1)CCC(=O)O2. The largest absolute Gasteiger partial charge is 0.431 e. The molecule has 1 heterocycles. The molecule has 1 aliphatic heterocycles. The quantitative estimate of drug-likeness (QED) is 0.151. The maximum atomic E-state index is 13.3. The number of alkyl halides is 4. The number of hydrogen-bond acceptors (Lipinski definition) is 7. The van der Waals surface area contributed by atoms with Gasteiger partial charge in [0.1, 0.15) is 11.5 Å². The topological polar surface area (TPSA) is 116 Å². The third-order valence-corrected chi connectivity index (χ3v) is 4.89. The Morgan fingerprint density at radius 2 is 1.90 bits per heavy atom. The number of benzene rings is 1. The van der Waals surface area contributed by atoms with Crippen molar-refractivity contribution < 1.29 is 54.3 Å². The minimum atomic E-state index is -6.33. The van der Waals surface area contributed by atoms with E-state index in [-0.39, 0.29) is 17.7 Å². The molecule has 30 heavy (non-hydrogen) atoms. The summed E-state index contributed by atoms with van der Waals surface area (Å²) in [4.78, 5) is 23.2. The molecule has 0 saturated carbocycles. The molecule has 0 aromatic heterocycles. The molecule has 0 bridgehead atoms. The van der Waals surface area contributed by atoms with E-state index in [1.807, 2.05) is 0 Å². The molecule has 0 aliphatic carbocycles. The number of carbonyl (C=O) groups excluding carboxylic acids is 2. The Kier molecular flexibility index (Phi) is 6.89. The van der Waals surface area contributed by atoms with Gasteiger partial charge in [-0.2, -0.15) is 26.0 Å². The smallest absolute Gasteiger partial charge is 0.426 e. The maximum Gasteiger partial charge on any atom is 0.431 e. The van der Waals surface area contributed by atoms with Crippen molar-refractivity contribution in [2.24, 2.45) is 0 Å². The van der Waals surface area contributed by atoms with Crippen molar-refractivity contribution in [3.05, 3.63) is 35.9 Å². The van der Waals surface area contributed by atoms with E-state index < -0.39 is 52.9 Å². The number of esters is 2. The second-order valence-corrected chi connectivity index (χ2v) is 7.70. The number of ether oxygens (including phenoxy) is 3. The first kappa shape index (κ1) is 23.8. The molecule has 8 nitrogen and oxygen atoms in total. The third-order valence-electron chi connectivity index (χ3n) is 3.94. The zero-order valence-corrected chi connectivity index (χ0v) is 16.0. The van der Waals surface area contributed by atoms with E-state index in [0.717, 1.165) is 0 Å². The monoisotopic (exact) mass is 456 g/mol. The summed E-state index contributed by atoms with van der Waals surface area (Å²) in [6, 6.07) is 4.24. The van der Waals surface area contributed by atoms with E-state index in [2.05, 4.69) is 11.3 Å². The summed E-state index contributed by atoms with van der Waals surface area (Å²) in [6.07, 6.45) is -1.20. The lowest BCUT2D eigenvalue weighted by atomic mass is 10.1. The van der Waals surface area contributed by atoms with Crippen LogP contribution in [-0.2, 0) is 30.9 Å². The fourth-order valence-corrected chi connectivity index (χ4v) is 2.77. The lowest BCUT2D eigenvalue weighted by Gasteiger charge is -2.23. The minimum absolute atomic E-state index is 0.0946. The van der Waals surface area contributed by atoms with Gasteiger partial charge in [-0.25, -0.2) is 4.79 Å². The predicted octanol–water partition coefficient (Wildman–Crippen LogP) is 2.52. The summed E-state index contributed by atoms with van der Waals surface area (Å²) in [5, 5.41) is -5.69. The zero-order valence-electron chi connectivity index (χ0n) is 15.2. The molecule has 0 fully saturated rings. The summed E-state index contributed by atoms with van der Waals surface area (Å²) in [6.45, 7) is 1.61. The van der Waals surface area contributed by atoms with Crippen LogP contribution in [0.3, 0.4) is 0 Å². The first-order valence-electron chi connectivity index (χ1n) is 8.28. The fraction of sp³-hybridized carbons (Fsp3) is 0.412. The van der Waals surface area contributed by atoms with Crippen LogP contribution in [0.1, 0.15) is 18.4 Å². The number of fused-ring (bicyclic) bond motifs is 1. The van der Waals surface area contributed by atoms with Crippen LogP contribution in [0.5, 0.6) is 11.5 Å². The number of rotatable bonds is 9.